The van der Waals surface area contributed by atoms with Crippen LogP contribution < -0.4 is 5.32 Å². The summed E-state index contributed by atoms with van der Waals surface area (Å²) >= 11 is 8.88. The van der Waals surface area contributed by atoms with Crippen molar-refractivity contribution < 1.29 is 5.11 Å². The first kappa shape index (κ1) is 14.1. The van der Waals surface area contributed by atoms with Crippen molar-refractivity contribution in [3.05, 3.63) is 34.9 Å². The van der Waals surface area contributed by atoms with Gasteiger partial charge in [-0.05, 0) is 30.5 Å². The molecule has 4 nitrogen and oxygen atoms in total. The average Bonchev–Trinajstić information content (AvgIpc) is 3.14. The van der Waals surface area contributed by atoms with Gasteiger partial charge in [-0.2, -0.15) is 0 Å². The summed E-state index contributed by atoms with van der Waals surface area (Å²) in [6.45, 7) is 0. The first-order valence-electron chi connectivity index (χ1n) is 6.37. The first-order valence-corrected chi connectivity index (χ1v) is 8.55. The second-order valence-corrected chi connectivity index (χ2v) is 7.35. The fraction of sp³-hybridized carbons (Fsp3) is 0.385. The maximum atomic E-state index is 10.1. The zero-order valence-corrected chi connectivity index (χ0v) is 13.0. The van der Waals surface area contributed by atoms with Crippen molar-refractivity contribution in [3.8, 4) is 0 Å². The van der Waals surface area contributed by atoms with Crippen LogP contribution in [0.3, 0.4) is 0 Å². The Kier molecular flexibility index (Phi) is 4.45. The highest BCUT2D eigenvalue weighted by Gasteiger charge is 2.22. The Labute approximate surface area is 130 Å². The van der Waals surface area contributed by atoms with Gasteiger partial charge in [0.2, 0.25) is 5.13 Å². The van der Waals surface area contributed by atoms with Crippen LogP contribution in [-0.4, -0.2) is 27.1 Å². The van der Waals surface area contributed by atoms with Crippen LogP contribution in [0.25, 0.3) is 0 Å². The molecule has 1 saturated carbocycles. The van der Waals surface area contributed by atoms with Crippen LogP contribution in [0.4, 0.5) is 5.13 Å². The lowest BCUT2D eigenvalue weighted by Crippen LogP contribution is -1.99. The summed E-state index contributed by atoms with van der Waals surface area (Å²) in [6, 6.07) is 7.84. The molecule has 2 N–H and O–H groups in total. The molecule has 0 amide bonds. The van der Waals surface area contributed by atoms with E-state index in [9.17, 15) is 5.11 Å². The third-order valence-electron chi connectivity index (χ3n) is 2.93. The Morgan fingerprint density at radius 3 is 2.80 bits per heavy atom. The molecule has 0 aliphatic heterocycles. The van der Waals surface area contributed by atoms with Gasteiger partial charge in [-0.3, -0.25) is 0 Å². The minimum atomic E-state index is -0.527. The molecule has 0 saturated heterocycles. The molecule has 1 heterocycles. The second-order valence-electron chi connectivity index (χ2n) is 4.67. The molecular weight excluding hydrogens is 314 g/mol. The van der Waals surface area contributed by atoms with Crippen LogP contribution in [0.5, 0.6) is 0 Å². The molecule has 3 rings (SSSR count). The highest BCUT2D eigenvalue weighted by Crippen LogP contribution is 2.32. The van der Waals surface area contributed by atoms with Crippen LogP contribution in [-0.2, 0) is 0 Å². The fourth-order valence-corrected chi connectivity index (χ4v) is 3.61. The smallest absolute Gasteiger partial charge is 0.206 e. The van der Waals surface area contributed by atoms with Crippen LogP contribution in [0.2, 0.25) is 5.02 Å². The summed E-state index contributed by atoms with van der Waals surface area (Å²) in [6.07, 6.45) is 1.91. The first-order chi connectivity index (χ1) is 9.70. The van der Waals surface area contributed by atoms with Crippen LogP contribution >= 0.6 is 34.7 Å². The summed E-state index contributed by atoms with van der Waals surface area (Å²) in [5, 5.41) is 23.2. The molecule has 1 aromatic heterocycles. The number of halogens is 1. The molecule has 7 heteroatoms. The lowest BCUT2D eigenvalue weighted by molar-refractivity contribution is 0.204. The summed E-state index contributed by atoms with van der Waals surface area (Å²) in [5.41, 5.74) is 0.864. The summed E-state index contributed by atoms with van der Waals surface area (Å²) < 4.78 is 0.876. The topological polar surface area (TPSA) is 58.0 Å². The minimum Gasteiger partial charge on any atom is -0.388 e. The third-order valence-corrected chi connectivity index (χ3v) is 5.25. The molecule has 1 atom stereocenters. The number of aliphatic hydroxyl groups excluding tert-OH is 1. The van der Waals surface area contributed by atoms with E-state index in [2.05, 4.69) is 15.5 Å². The Morgan fingerprint density at radius 2 is 2.10 bits per heavy atom. The molecule has 0 bridgehead atoms. The van der Waals surface area contributed by atoms with Crippen molar-refractivity contribution in [2.45, 2.75) is 29.3 Å². The zero-order valence-electron chi connectivity index (χ0n) is 10.6. The van der Waals surface area contributed by atoms with Crippen molar-refractivity contribution in [1.82, 2.24) is 10.2 Å². The number of thioether (sulfide) groups is 1. The number of anilines is 1. The number of aliphatic hydroxyl groups is 1. The van der Waals surface area contributed by atoms with Crippen molar-refractivity contribution in [2.75, 3.05) is 11.1 Å². The van der Waals surface area contributed by atoms with Gasteiger partial charge in [-0.15, -0.1) is 10.2 Å². The Hall–Kier alpha value is -0.820. The Bertz CT molecular complexity index is 571. The number of rotatable bonds is 6. The number of hydrogen-bond donors (Lipinski definition) is 2. The second kappa shape index (κ2) is 6.30. The van der Waals surface area contributed by atoms with E-state index in [0.717, 1.165) is 15.0 Å². The van der Waals surface area contributed by atoms with E-state index in [0.29, 0.717) is 16.8 Å². The van der Waals surface area contributed by atoms with Crippen LogP contribution in [0.1, 0.15) is 24.5 Å². The van der Waals surface area contributed by atoms with E-state index in [1.807, 2.05) is 12.1 Å². The molecule has 2 aromatic rings. The van der Waals surface area contributed by atoms with E-state index in [1.54, 1.807) is 12.1 Å². The number of nitrogens with zero attached hydrogens (tertiary/aromatic N) is 2. The number of nitrogens with one attached hydrogen (secondary N) is 1. The van der Waals surface area contributed by atoms with Crippen molar-refractivity contribution in [2.24, 2.45) is 0 Å². The average molecular weight is 328 g/mol. The molecule has 1 unspecified atom stereocenters. The normalized spacial score (nSPS) is 16.1. The van der Waals surface area contributed by atoms with E-state index >= 15 is 0 Å². The standard InChI is InChI=1S/C13H14ClN3OS2/c14-9-3-1-8(2-4-9)11(18)7-19-13-17-16-12(20-13)15-10-5-6-10/h1-4,10-11,18H,5-7H2,(H,15,16). The quantitative estimate of drug-likeness (QED) is 0.794. The van der Waals surface area contributed by atoms with Gasteiger partial charge < -0.3 is 10.4 Å². The van der Waals surface area contributed by atoms with Gasteiger partial charge in [0.25, 0.3) is 0 Å². The zero-order chi connectivity index (χ0) is 13.9. The van der Waals surface area contributed by atoms with Crippen LogP contribution in [0, 0.1) is 0 Å². The molecule has 1 fully saturated rings. The van der Waals surface area contributed by atoms with E-state index < -0.39 is 6.10 Å². The summed E-state index contributed by atoms with van der Waals surface area (Å²) in [7, 11) is 0. The van der Waals surface area contributed by atoms with Crippen molar-refractivity contribution in [1.29, 1.82) is 0 Å². The molecule has 1 aliphatic carbocycles. The monoisotopic (exact) mass is 327 g/mol. The molecule has 0 spiro atoms. The molecule has 20 heavy (non-hydrogen) atoms. The van der Waals surface area contributed by atoms with E-state index in [-0.39, 0.29) is 0 Å². The molecule has 1 aliphatic rings. The third kappa shape index (κ3) is 3.85. The van der Waals surface area contributed by atoms with E-state index in [1.165, 1.54) is 35.9 Å². The van der Waals surface area contributed by atoms with Gasteiger partial charge in [0, 0.05) is 16.8 Å². The lowest BCUT2D eigenvalue weighted by atomic mass is 10.1. The summed E-state index contributed by atoms with van der Waals surface area (Å²) in [4.78, 5) is 0. The fourth-order valence-electron chi connectivity index (χ4n) is 1.66. The van der Waals surface area contributed by atoms with Gasteiger partial charge in [-0.1, -0.05) is 46.8 Å². The van der Waals surface area contributed by atoms with Crippen molar-refractivity contribution in [3.63, 3.8) is 0 Å². The predicted molar refractivity (Wildman–Crippen MR) is 83.7 cm³/mol. The predicted octanol–water partition coefficient (Wildman–Crippen LogP) is 3.59. The SMILES string of the molecule is OC(CSc1nnc(NC2CC2)s1)c1ccc(Cl)cc1. The maximum Gasteiger partial charge on any atom is 0.206 e. The van der Waals surface area contributed by atoms with Crippen molar-refractivity contribution >= 4 is 39.8 Å². The van der Waals surface area contributed by atoms with Gasteiger partial charge in [0.1, 0.15) is 0 Å². The Morgan fingerprint density at radius 1 is 1.35 bits per heavy atom. The minimum absolute atomic E-state index is 0.527. The number of hydrogen-bond acceptors (Lipinski definition) is 6. The molecule has 106 valence electrons. The summed E-state index contributed by atoms with van der Waals surface area (Å²) in [5.74, 6) is 0.555. The maximum absolute atomic E-state index is 10.1. The van der Waals surface area contributed by atoms with Gasteiger partial charge in [-0.25, -0.2) is 0 Å². The van der Waals surface area contributed by atoms with Gasteiger partial charge in [0.05, 0.1) is 6.10 Å². The number of aromatic nitrogens is 2. The Balaban J connectivity index is 1.52. The molecule has 0 radical (unpaired) electrons. The van der Waals surface area contributed by atoms with Gasteiger partial charge in [0.15, 0.2) is 4.34 Å². The number of benzene rings is 1. The largest absolute Gasteiger partial charge is 0.388 e. The lowest BCUT2D eigenvalue weighted by Gasteiger charge is -2.09. The van der Waals surface area contributed by atoms with Gasteiger partial charge >= 0.3 is 0 Å². The highest BCUT2D eigenvalue weighted by molar-refractivity contribution is 8.01. The highest BCUT2D eigenvalue weighted by atomic mass is 35.5. The van der Waals surface area contributed by atoms with Crippen LogP contribution in [0.15, 0.2) is 28.6 Å². The molecular formula is C13H14ClN3OS2. The molecule has 1 aromatic carbocycles. The van der Waals surface area contributed by atoms with E-state index in [4.69, 9.17) is 11.6 Å².